The summed E-state index contributed by atoms with van der Waals surface area (Å²) >= 11 is 1.62. The Morgan fingerprint density at radius 1 is 1.12 bits per heavy atom. The van der Waals surface area contributed by atoms with Gasteiger partial charge < -0.3 is 5.32 Å². The van der Waals surface area contributed by atoms with Gasteiger partial charge in [-0.1, -0.05) is 42.1 Å². The van der Waals surface area contributed by atoms with Crippen LogP contribution in [-0.2, 0) is 11.8 Å². The average Bonchev–Trinajstić information content (AvgIpc) is 3.01. The molecule has 3 aromatic rings. The molecule has 0 fully saturated rings. The molecule has 0 radical (unpaired) electrons. The molecule has 0 saturated heterocycles. The predicted octanol–water partition coefficient (Wildman–Crippen LogP) is 4.22. The van der Waals surface area contributed by atoms with E-state index >= 15 is 0 Å². The minimum Gasteiger partial charge on any atom is -0.321 e. The van der Waals surface area contributed by atoms with Crippen molar-refractivity contribution in [3.05, 3.63) is 78.6 Å². The molecular formula is C19H17N3OS. The summed E-state index contributed by atoms with van der Waals surface area (Å²) in [4.78, 5) is 14.3. The van der Waals surface area contributed by atoms with Gasteiger partial charge in [0.05, 0.1) is 11.9 Å². The van der Waals surface area contributed by atoms with E-state index in [1.165, 1.54) is 6.08 Å². The van der Waals surface area contributed by atoms with E-state index < -0.39 is 0 Å². The lowest BCUT2D eigenvalue weighted by molar-refractivity contribution is -0.111. The Kier molecular flexibility index (Phi) is 5.13. The Labute approximate surface area is 145 Å². The van der Waals surface area contributed by atoms with Gasteiger partial charge in [-0.3, -0.25) is 9.48 Å². The fourth-order valence-corrected chi connectivity index (χ4v) is 3.07. The second-order valence-electron chi connectivity index (χ2n) is 5.18. The summed E-state index contributed by atoms with van der Waals surface area (Å²) in [5.74, 6) is -0.167. The van der Waals surface area contributed by atoms with Crippen LogP contribution >= 0.6 is 11.8 Å². The number of nitrogens with one attached hydrogen (secondary N) is 1. The van der Waals surface area contributed by atoms with Crippen molar-refractivity contribution in [1.29, 1.82) is 0 Å². The van der Waals surface area contributed by atoms with Crippen molar-refractivity contribution in [2.75, 3.05) is 5.32 Å². The first kappa shape index (κ1) is 16.1. The molecular weight excluding hydrogens is 318 g/mol. The number of anilines is 1. The number of para-hydroxylation sites is 1. The third-order valence-corrected chi connectivity index (χ3v) is 4.35. The summed E-state index contributed by atoms with van der Waals surface area (Å²) in [6.45, 7) is 0. The zero-order chi connectivity index (χ0) is 16.8. The van der Waals surface area contributed by atoms with Gasteiger partial charge in [0.2, 0.25) is 5.91 Å². The molecule has 1 amide bonds. The van der Waals surface area contributed by atoms with Gasteiger partial charge in [0.25, 0.3) is 0 Å². The normalized spacial score (nSPS) is 10.9. The zero-order valence-corrected chi connectivity index (χ0v) is 14.0. The Hall–Kier alpha value is -2.79. The second kappa shape index (κ2) is 7.66. The molecule has 0 aliphatic rings. The van der Waals surface area contributed by atoms with E-state index in [1.807, 2.05) is 67.8 Å². The zero-order valence-electron chi connectivity index (χ0n) is 13.2. The lowest BCUT2D eigenvalue weighted by Gasteiger charge is -2.09. The highest BCUT2D eigenvalue weighted by molar-refractivity contribution is 7.99. The van der Waals surface area contributed by atoms with E-state index in [1.54, 1.807) is 28.7 Å². The van der Waals surface area contributed by atoms with E-state index in [2.05, 4.69) is 10.4 Å². The monoisotopic (exact) mass is 335 g/mol. The molecule has 4 nitrogen and oxygen atoms in total. The van der Waals surface area contributed by atoms with E-state index in [9.17, 15) is 4.79 Å². The van der Waals surface area contributed by atoms with Gasteiger partial charge in [-0.15, -0.1) is 0 Å². The maximum Gasteiger partial charge on any atom is 0.248 e. The van der Waals surface area contributed by atoms with Crippen LogP contribution in [0.4, 0.5) is 5.69 Å². The fraction of sp³-hybridized carbons (Fsp3) is 0.0526. The molecule has 0 spiro atoms. The summed E-state index contributed by atoms with van der Waals surface area (Å²) in [5, 5.41) is 7.00. The SMILES string of the molecule is Cn1cc(/C=C/C(=O)Nc2ccccc2Sc2ccccc2)cn1. The molecule has 0 aliphatic heterocycles. The van der Waals surface area contributed by atoms with Crippen molar-refractivity contribution < 1.29 is 4.79 Å². The van der Waals surface area contributed by atoms with Gasteiger partial charge in [-0.25, -0.2) is 0 Å². The molecule has 120 valence electrons. The first-order valence-corrected chi connectivity index (χ1v) is 8.32. The summed E-state index contributed by atoms with van der Waals surface area (Å²) in [5.41, 5.74) is 1.69. The summed E-state index contributed by atoms with van der Waals surface area (Å²) in [6, 6.07) is 17.9. The van der Waals surface area contributed by atoms with Gasteiger partial charge in [-0.05, 0) is 30.3 Å². The topological polar surface area (TPSA) is 46.9 Å². The smallest absolute Gasteiger partial charge is 0.248 e. The molecule has 1 N–H and O–H groups in total. The Morgan fingerprint density at radius 2 is 1.88 bits per heavy atom. The van der Waals surface area contributed by atoms with Gasteiger partial charge in [-0.2, -0.15) is 5.10 Å². The van der Waals surface area contributed by atoms with Crippen LogP contribution in [0.1, 0.15) is 5.56 Å². The quantitative estimate of drug-likeness (QED) is 0.710. The Balaban J connectivity index is 1.70. The van der Waals surface area contributed by atoms with Crippen LogP contribution in [0.5, 0.6) is 0 Å². The van der Waals surface area contributed by atoms with Crippen molar-refractivity contribution in [3.63, 3.8) is 0 Å². The number of carbonyl (C=O) groups excluding carboxylic acids is 1. The number of amides is 1. The number of aromatic nitrogens is 2. The number of carbonyl (C=O) groups is 1. The van der Waals surface area contributed by atoms with E-state index in [-0.39, 0.29) is 5.91 Å². The number of aryl methyl sites for hydroxylation is 1. The standard InChI is InChI=1S/C19H17N3OS/c1-22-14-15(13-20-22)11-12-19(23)21-17-9-5-6-10-18(17)24-16-7-3-2-4-8-16/h2-14H,1H3,(H,21,23)/b12-11+. The molecule has 1 aromatic heterocycles. The maximum atomic E-state index is 12.2. The highest BCUT2D eigenvalue weighted by atomic mass is 32.2. The molecule has 3 rings (SSSR count). The molecule has 0 saturated carbocycles. The van der Waals surface area contributed by atoms with Crippen molar-refractivity contribution in [1.82, 2.24) is 9.78 Å². The highest BCUT2D eigenvalue weighted by Gasteiger charge is 2.06. The van der Waals surface area contributed by atoms with Gasteiger partial charge in [0.1, 0.15) is 0 Å². The molecule has 24 heavy (non-hydrogen) atoms. The first-order valence-electron chi connectivity index (χ1n) is 7.50. The van der Waals surface area contributed by atoms with Crippen LogP contribution in [-0.4, -0.2) is 15.7 Å². The molecule has 5 heteroatoms. The Bertz CT molecular complexity index is 856. The van der Waals surface area contributed by atoms with Crippen LogP contribution in [0.3, 0.4) is 0 Å². The van der Waals surface area contributed by atoms with Gasteiger partial charge in [0, 0.05) is 34.7 Å². The summed E-state index contributed by atoms with van der Waals surface area (Å²) < 4.78 is 1.70. The van der Waals surface area contributed by atoms with Gasteiger partial charge >= 0.3 is 0 Å². The van der Waals surface area contributed by atoms with Crippen molar-refractivity contribution >= 4 is 29.4 Å². The molecule has 2 aromatic carbocycles. The molecule has 0 atom stereocenters. The minimum absolute atomic E-state index is 0.167. The van der Waals surface area contributed by atoms with E-state index in [0.29, 0.717) is 0 Å². The maximum absolute atomic E-state index is 12.2. The predicted molar refractivity (Wildman–Crippen MR) is 97.9 cm³/mol. The number of rotatable bonds is 5. The first-order chi connectivity index (χ1) is 11.7. The highest BCUT2D eigenvalue weighted by Crippen LogP contribution is 2.33. The number of hydrogen-bond acceptors (Lipinski definition) is 3. The molecule has 0 unspecified atom stereocenters. The van der Waals surface area contributed by atoms with Crippen LogP contribution in [0.15, 0.2) is 82.9 Å². The van der Waals surface area contributed by atoms with E-state index in [4.69, 9.17) is 0 Å². The van der Waals surface area contributed by atoms with E-state index in [0.717, 1.165) is 21.0 Å². The number of nitrogens with zero attached hydrogens (tertiary/aromatic N) is 2. The molecule has 0 bridgehead atoms. The van der Waals surface area contributed by atoms with Gasteiger partial charge in [0.15, 0.2) is 0 Å². The number of benzene rings is 2. The van der Waals surface area contributed by atoms with Crippen molar-refractivity contribution in [3.8, 4) is 0 Å². The van der Waals surface area contributed by atoms with Crippen molar-refractivity contribution in [2.24, 2.45) is 7.05 Å². The molecule has 1 heterocycles. The van der Waals surface area contributed by atoms with Crippen LogP contribution < -0.4 is 5.32 Å². The molecule has 0 aliphatic carbocycles. The number of hydrogen-bond donors (Lipinski definition) is 1. The summed E-state index contributed by atoms with van der Waals surface area (Å²) in [7, 11) is 1.84. The van der Waals surface area contributed by atoms with Crippen molar-refractivity contribution in [2.45, 2.75) is 9.79 Å². The Morgan fingerprint density at radius 3 is 2.62 bits per heavy atom. The van der Waals surface area contributed by atoms with Crippen LogP contribution in [0.25, 0.3) is 6.08 Å². The lowest BCUT2D eigenvalue weighted by atomic mass is 10.3. The lowest BCUT2D eigenvalue weighted by Crippen LogP contribution is -2.08. The third kappa shape index (κ3) is 4.36. The minimum atomic E-state index is -0.167. The third-order valence-electron chi connectivity index (χ3n) is 3.27. The average molecular weight is 335 g/mol. The second-order valence-corrected chi connectivity index (χ2v) is 6.30. The fourth-order valence-electron chi connectivity index (χ4n) is 2.15. The van der Waals surface area contributed by atoms with Crippen LogP contribution in [0.2, 0.25) is 0 Å². The largest absolute Gasteiger partial charge is 0.321 e. The van der Waals surface area contributed by atoms with Crippen LogP contribution in [0, 0.1) is 0 Å². The summed E-state index contributed by atoms with van der Waals surface area (Å²) in [6.07, 6.45) is 6.82.